The molecule has 0 aliphatic heterocycles. The number of benzene rings is 1. The molecule has 9 heteroatoms. The van der Waals surface area contributed by atoms with Crippen molar-refractivity contribution in [2.45, 2.75) is 31.4 Å². The molecule has 2 aromatic rings. The molecule has 132 valence electrons. The van der Waals surface area contributed by atoms with Crippen LogP contribution in [0.2, 0.25) is 0 Å². The van der Waals surface area contributed by atoms with Crippen LogP contribution in [0.15, 0.2) is 35.5 Å². The summed E-state index contributed by atoms with van der Waals surface area (Å²) in [4.78, 5) is 4.26. The van der Waals surface area contributed by atoms with Crippen LogP contribution in [-0.4, -0.2) is 42.3 Å². The molecule has 0 aliphatic carbocycles. The van der Waals surface area contributed by atoms with Gasteiger partial charge in [-0.2, -0.15) is 5.10 Å². The van der Waals surface area contributed by atoms with Gasteiger partial charge in [-0.25, -0.2) is 18.1 Å². The van der Waals surface area contributed by atoms with E-state index in [2.05, 4.69) is 20.1 Å². The molecule has 0 bridgehead atoms. The summed E-state index contributed by atoms with van der Waals surface area (Å²) in [5.41, 5.74) is 0. The fourth-order valence-corrected chi connectivity index (χ4v) is 3.18. The van der Waals surface area contributed by atoms with E-state index in [9.17, 15) is 8.42 Å². The minimum Gasteiger partial charge on any atom is -0.486 e. The highest BCUT2D eigenvalue weighted by atomic mass is 32.2. The lowest BCUT2D eigenvalue weighted by atomic mass is 10.3. The van der Waals surface area contributed by atoms with Crippen molar-refractivity contribution in [1.29, 1.82) is 0 Å². The van der Waals surface area contributed by atoms with Gasteiger partial charge >= 0.3 is 0 Å². The second-order valence-electron chi connectivity index (χ2n) is 5.37. The molecule has 0 unspecified atom stereocenters. The third-order valence-electron chi connectivity index (χ3n) is 3.44. The third kappa shape index (κ3) is 5.02. The topological polar surface area (TPSA) is 98.1 Å². The Hall–Kier alpha value is -1.97. The van der Waals surface area contributed by atoms with Gasteiger partial charge in [0.25, 0.3) is 0 Å². The Morgan fingerprint density at radius 3 is 2.58 bits per heavy atom. The van der Waals surface area contributed by atoms with E-state index in [1.54, 1.807) is 23.9 Å². The second-order valence-corrected chi connectivity index (χ2v) is 7.14. The standard InChI is InChI=1S/C15H23N5O3S/c1-4-16-12(2)9-19-24(21,22)14-7-5-13(6-8-14)23-10-15-17-11-18-20(15)3/h5-8,11-12,16,19H,4,9-10H2,1-3H3/t12-/m1/s1. The Labute approximate surface area is 142 Å². The lowest BCUT2D eigenvalue weighted by Crippen LogP contribution is -2.38. The normalized spacial score (nSPS) is 13.0. The van der Waals surface area contributed by atoms with Gasteiger partial charge in [-0.3, -0.25) is 4.68 Å². The fraction of sp³-hybridized carbons (Fsp3) is 0.467. The van der Waals surface area contributed by atoms with Crippen molar-refractivity contribution in [1.82, 2.24) is 24.8 Å². The number of likely N-dealkylation sites (N-methyl/N-ethyl adjacent to an activating group) is 1. The highest BCUT2D eigenvalue weighted by Gasteiger charge is 2.15. The van der Waals surface area contributed by atoms with Crippen LogP contribution >= 0.6 is 0 Å². The maximum Gasteiger partial charge on any atom is 0.240 e. The monoisotopic (exact) mass is 353 g/mol. The van der Waals surface area contributed by atoms with Crippen LogP contribution in [0.4, 0.5) is 0 Å². The zero-order chi connectivity index (χ0) is 17.6. The summed E-state index contributed by atoms with van der Waals surface area (Å²) in [6, 6.07) is 6.36. The van der Waals surface area contributed by atoms with Gasteiger partial charge in [0.2, 0.25) is 10.0 Å². The van der Waals surface area contributed by atoms with Crippen molar-refractivity contribution >= 4 is 10.0 Å². The van der Waals surface area contributed by atoms with Gasteiger partial charge in [-0.05, 0) is 37.7 Å². The van der Waals surface area contributed by atoms with Gasteiger partial charge in [0.05, 0.1) is 4.90 Å². The lowest BCUT2D eigenvalue weighted by Gasteiger charge is -2.13. The SMILES string of the molecule is CCN[C@H](C)CNS(=O)(=O)c1ccc(OCc2ncnn2C)cc1. The summed E-state index contributed by atoms with van der Waals surface area (Å²) in [6.45, 7) is 5.29. The van der Waals surface area contributed by atoms with Crippen LogP contribution in [0, 0.1) is 0 Å². The second kappa shape index (κ2) is 8.22. The van der Waals surface area contributed by atoms with Crippen molar-refractivity contribution in [2.75, 3.05) is 13.1 Å². The maximum absolute atomic E-state index is 12.2. The first-order valence-electron chi connectivity index (χ1n) is 7.71. The average molecular weight is 353 g/mol. The van der Waals surface area contributed by atoms with Gasteiger partial charge in [0, 0.05) is 19.6 Å². The molecule has 8 nitrogen and oxygen atoms in total. The van der Waals surface area contributed by atoms with E-state index in [1.807, 2.05) is 13.8 Å². The minimum absolute atomic E-state index is 0.0683. The molecule has 0 radical (unpaired) electrons. The molecule has 2 rings (SSSR count). The summed E-state index contributed by atoms with van der Waals surface area (Å²) in [5, 5.41) is 7.11. The zero-order valence-corrected chi connectivity index (χ0v) is 14.9. The Bertz CT molecular complexity index is 743. The highest BCUT2D eigenvalue weighted by molar-refractivity contribution is 7.89. The van der Waals surface area contributed by atoms with E-state index in [1.165, 1.54) is 18.5 Å². The largest absolute Gasteiger partial charge is 0.486 e. The summed E-state index contributed by atoms with van der Waals surface area (Å²) in [6.07, 6.45) is 1.45. The minimum atomic E-state index is -3.53. The van der Waals surface area contributed by atoms with Crippen LogP contribution in [0.5, 0.6) is 5.75 Å². The molecule has 1 aromatic heterocycles. The molecule has 24 heavy (non-hydrogen) atoms. The molecule has 2 N–H and O–H groups in total. The molecule has 1 atom stereocenters. The number of rotatable bonds is 9. The van der Waals surface area contributed by atoms with E-state index in [4.69, 9.17) is 4.74 Å². The van der Waals surface area contributed by atoms with Crippen molar-refractivity contribution in [3.8, 4) is 5.75 Å². The summed E-state index contributed by atoms with van der Waals surface area (Å²) < 4.78 is 34.3. The van der Waals surface area contributed by atoms with Gasteiger partial charge in [-0.15, -0.1) is 0 Å². The number of hydrogen-bond acceptors (Lipinski definition) is 6. The zero-order valence-electron chi connectivity index (χ0n) is 14.1. The van der Waals surface area contributed by atoms with Crippen molar-refractivity contribution in [3.05, 3.63) is 36.4 Å². The van der Waals surface area contributed by atoms with Crippen LogP contribution < -0.4 is 14.8 Å². The van der Waals surface area contributed by atoms with E-state index in [-0.39, 0.29) is 17.5 Å². The van der Waals surface area contributed by atoms with Gasteiger partial charge in [0.1, 0.15) is 18.7 Å². The van der Waals surface area contributed by atoms with Gasteiger partial charge < -0.3 is 10.1 Å². The van der Waals surface area contributed by atoms with E-state index in [0.29, 0.717) is 18.1 Å². The number of ether oxygens (including phenoxy) is 1. The van der Waals surface area contributed by atoms with Crippen molar-refractivity contribution in [2.24, 2.45) is 7.05 Å². The van der Waals surface area contributed by atoms with Crippen LogP contribution in [-0.2, 0) is 23.7 Å². The molecule has 0 spiro atoms. The molecular formula is C15H23N5O3S. The van der Waals surface area contributed by atoms with Gasteiger partial charge in [-0.1, -0.05) is 6.92 Å². The first-order valence-corrected chi connectivity index (χ1v) is 9.19. The smallest absolute Gasteiger partial charge is 0.240 e. The van der Waals surface area contributed by atoms with Crippen molar-refractivity contribution < 1.29 is 13.2 Å². The quantitative estimate of drug-likeness (QED) is 0.688. The first kappa shape index (κ1) is 18.4. The number of nitrogens with zero attached hydrogens (tertiary/aromatic N) is 3. The van der Waals surface area contributed by atoms with Crippen LogP contribution in [0.3, 0.4) is 0 Å². The summed E-state index contributed by atoms with van der Waals surface area (Å²) in [7, 11) is -1.75. The predicted octanol–water partition coefficient (Wildman–Crippen LogP) is 0.670. The molecule has 0 amide bonds. The molecular weight excluding hydrogens is 330 g/mol. The fourth-order valence-electron chi connectivity index (χ4n) is 2.05. The van der Waals surface area contributed by atoms with E-state index in [0.717, 1.165) is 6.54 Å². The van der Waals surface area contributed by atoms with Gasteiger partial charge in [0.15, 0.2) is 5.82 Å². The predicted molar refractivity (Wildman–Crippen MR) is 90.1 cm³/mol. The Balaban J connectivity index is 1.94. The Morgan fingerprint density at radius 2 is 2.00 bits per heavy atom. The number of hydrogen-bond donors (Lipinski definition) is 2. The number of aromatic nitrogens is 3. The average Bonchev–Trinajstić information content (AvgIpc) is 2.97. The lowest BCUT2D eigenvalue weighted by molar-refractivity contribution is 0.289. The number of sulfonamides is 1. The maximum atomic E-state index is 12.2. The molecule has 0 fully saturated rings. The Kier molecular flexibility index (Phi) is 6.29. The number of nitrogens with one attached hydrogen (secondary N) is 2. The van der Waals surface area contributed by atoms with Crippen LogP contribution in [0.25, 0.3) is 0 Å². The first-order chi connectivity index (χ1) is 11.4. The molecule has 1 heterocycles. The third-order valence-corrected chi connectivity index (χ3v) is 4.88. The Morgan fingerprint density at radius 1 is 1.29 bits per heavy atom. The van der Waals surface area contributed by atoms with E-state index >= 15 is 0 Å². The summed E-state index contributed by atoms with van der Waals surface area (Å²) in [5.74, 6) is 1.25. The molecule has 0 saturated carbocycles. The van der Waals surface area contributed by atoms with Crippen LogP contribution in [0.1, 0.15) is 19.7 Å². The van der Waals surface area contributed by atoms with Crippen molar-refractivity contribution in [3.63, 3.8) is 0 Å². The van der Waals surface area contributed by atoms with E-state index < -0.39 is 10.0 Å². The summed E-state index contributed by atoms with van der Waals surface area (Å²) >= 11 is 0. The molecule has 0 saturated heterocycles. The molecule has 0 aliphatic rings. The molecule has 1 aromatic carbocycles. The number of aryl methyl sites for hydroxylation is 1. The highest BCUT2D eigenvalue weighted by Crippen LogP contribution is 2.16.